The number of carbonyl (C=O) groups excluding carboxylic acids is 3. The Bertz CT molecular complexity index is 2450. The van der Waals surface area contributed by atoms with Gasteiger partial charge in [0.1, 0.15) is 17.7 Å². The minimum Gasteiger partial charge on any atom is -0.453 e. The molecule has 8 rings (SSSR count). The number of aromatic nitrogens is 2. The van der Waals surface area contributed by atoms with Gasteiger partial charge in [0, 0.05) is 47.5 Å². The van der Waals surface area contributed by atoms with Crippen LogP contribution in [0.2, 0.25) is 0 Å². The van der Waals surface area contributed by atoms with E-state index in [0.29, 0.717) is 31.0 Å². The number of hydrogen-bond donors (Lipinski definition) is 5. The second-order valence-corrected chi connectivity index (χ2v) is 20.0. The molecule has 3 amide bonds. The summed E-state index contributed by atoms with van der Waals surface area (Å²) in [6, 6.07) is 7.20. The molecule has 1 aromatic carbocycles. The van der Waals surface area contributed by atoms with Crippen molar-refractivity contribution >= 4 is 41.6 Å². The molecular weight excluding hydrogens is 853 g/mol. The molecule has 14 nitrogen and oxygen atoms in total. The number of aliphatic hydroxyl groups is 1. The van der Waals surface area contributed by atoms with Crippen LogP contribution in [-0.4, -0.2) is 112 Å². The lowest BCUT2D eigenvalue weighted by molar-refractivity contribution is -0.143. The predicted molar refractivity (Wildman–Crippen MR) is 259 cm³/mol. The molecular formula is C51H64N8O6S. The zero-order chi connectivity index (χ0) is 46.9. The predicted octanol–water partition coefficient (Wildman–Crippen LogP) is 6.91. The highest BCUT2D eigenvalue weighted by Crippen LogP contribution is 2.51. The van der Waals surface area contributed by atoms with Crippen molar-refractivity contribution in [3.63, 3.8) is 0 Å². The van der Waals surface area contributed by atoms with E-state index >= 15 is 0 Å². The normalized spacial score (nSPS) is 28.6. The number of allylic oxidation sites excluding steroid dienone is 9. The first-order chi connectivity index (χ1) is 31.7. The molecule has 5 N–H and O–H groups in total. The van der Waals surface area contributed by atoms with Crippen molar-refractivity contribution in [3.8, 4) is 0 Å². The Kier molecular flexibility index (Phi) is 13.8. The maximum Gasteiger partial charge on any atom is 0.407 e. The molecule has 0 saturated carbocycles. The monoisotopic (exact) mass is 916 g/mol. The molecule has 4 heterocycles. The molecule has 2 fully saturated rings. The molecule has 6 aliphatic rings. The Morgan fingerprint density at radius 2 is 1.82 bits per heavy atom. The largest absolute Gasteiger partial charge is 0.453 e. The first-order valence-corrected chi connectivity index (χ1v) is 24.3. The number of ether oxygens (including phenoxy) is 2. The van der Waals surface area contributed by atoms with Crippen molar-refractivity contribution in [2.24, 2.45) is 16.3 Å². The van der Waals surface area contributed by atoms with E-state index in [1.807, 2.05) is 54.0 Å². The first kappa shape index (κ1) is 47.0. The number of nitrogens with zero attached hydrogens (tertiary/aromatic N) is 4. The number of H-pyrrole nitrogens is 1. The third kappa shape index (κ3) is 9.14. The van der Waals surface area contributed by atoms with Gasteiger partial charge >= 0.3 is 6.09 Å². The van der Waals surface area contributed by atoms with Crippen LogP contribution in [0.1, 0.15) is 94.7 Å². The van der Waals surface area contributed by atoms with Crippen LogP contribution in [0.15, 0.2) is 112 Å². The van der Waals surface area contributed by atoms with E-state index < -0.39 is 24.6 Å². The molecule has 2 aromatic rings. The molecule has 3 aliphatic carbocycles. The second-order valence-electron chi connectivity index (χ2n) is 18.9. The van der Waals surface area contributed by atoms with Crippen LogP contribution in [0, 0.1) is 11.3 Å². The fraction of sp³-hybridized carbons (Fsp3) is 0.471. The maximum atomic E-state index is 14.5. The van der Waals surface area contributed by atoms with Gasteiger partial charge in [-0.2, -0.15) is 11.8 Å². The summed E-state index contributed by atoms with van der Waals surface area (Å²) in [6.07, 6.45) is 21.7. The number of amidine groups is 1. The molecule has 0 bridgehead atoms. The van der Waals surface area contributed by atoms with Gasteiger partial charge in [-0.3, -0.25) is 19.9 Å². The maximum absolute atomic E-state index is 14.5. The van der Waals surface area contributed by atoms with Crippen molar-refractivity contribution in [2.45, 2.75) is 101 Å². The molecule has 0 radical (unpaired) electrons. The summed E-state index contributed by atoms with van der Waals surface area (Å²) >= 11 is 1.73. The first-order valence-electron chi connectivity index (χ1n) is 23.0. The number of methoxy groups -OCH3 is 2. The van der Waals surface area contributed by atoms with E-state index in [1.54, 1.807) is 11.8 Å². The van der Waals surface area contributed by atoms with E-state index in [4.69, 9.17) is 19.5 Å². The van der Waals surface area contributed by atoms with Crippen molar-refractivity contribution in [2.75, 3.05) is 40.1 Å². The van der Waals surface area contributed by atoms with Crippen LogP contribution in [0.5, 0.6) is 0 Å². The fourth-order valence-corrected chi connectivity index (χ4v) is 11.0. The summed E-state index contributed by atoms with van der Waals surface area (Å²) in [5.41, 5.74) is 7.28. The molecule has 0 spiro atoms. The van der Waals surface area contributed by atoms with Gasteiger partial charge in [-0.05, 0) is 79.6 Å². The number of fused-ring (bicyclic) bond motifs is 3. The number of benzene rings is 1. The van der Waals surface area contributed by atoms with Crippen LogP contribution >= 0.6 is 11.8 Å². The van der Waals surface area contributed by atoms with E-state index in [9.17, 15) is 19.5 Å². The summed E-state index contributed by atoms with van der Waals surface area (Å²) in [7, 11) is 2.69. The Labute approximate surface area is 392 Å². The number of aliphatic hydroxyl groups excluding tert-OH is 1. The Hall–Kier alpha value is -5.48. The number of aliphatic imine (C=N–C) groups is 1. The number of thioether (sulfide) groups is 1. The third-order valence-electron chi connectivity index (χ3n) is 14.2. The van der Waals surface area contributed by atoms with E-state index in [0.717, 1.165) is 66.2 Å². The lowest BCUT2D eigenvalue weighted by Crippen LogP contribution is -2.56. The van der Waals surface area contributed by atoms with E-state index in [2.05, 4.69) is 96.2 Å². The lowest BCUT2D eigenvalue weighted by atomic mass is 9.64. The zero-order valence-corrected chi connectivity index (χ0v) is 39.9. The fourth-order valence-electron chi connectivity index (χ4n) is 10.3. The Balaban J connectivity index is 0.988. The number of carbonyl (C=O) groups is 3. The van der Waals surface area contributed by atoms with Gasteiger partial charge in [0.2, 0.25) is 12.3 Å². The van der Waals surface area contributed by atoms with Crippen LogP contribution in [0.4, 0.5) is 4.79 Å². The van der Waals surface area contributed by atoms with Crippen LogP contribution in [0.3, 0.4) is 0 Å². The standard InChI is InChI=1S/C51H64N8O6S/c1-30(2)41(55-48(62)64-6)46(60)58-25-13-17-39(58)44-52-24-12-16-33-28-50(4,22-21-37(33)31(3)53-44)34-20-23-51(5)35(26-34)18-19-38-43(51)57-45(54-38)40-27-36(66-8)29-59(40)47(61)42(56-49(63)65-7)32-14-10-9-11-15-32/h9-12,14-16,18-22,26,30,36,39-42,48,55,62H,3,13,17,23-25,27-29H2,1-2,4-8H3,(H,52,53)(H,54,57)(H,56,63)/b16-12-/t36-,39-,40-,41-,42+,48?,50?,51?/m0/s1. The van der Waals surface area contributed by atoms with E-state index in [1.165, 1.54) is 25.4 Å². The minimum atomic E-state index is -1.25. The van der Waals surface area contributed by atoms with Crippen LogP contribution in [-0.2, 0) is 24.5 Å². The van der Waals surface area contributed by atoms with Crippen molar-refractivity contribution in [1.82, 2.24) is 35.7 Å². The summed E-state index contributed by atoms with van der Waals surface area (Å²) in [6.45, 7) is 14.5. The third-order valence-corrected chi connectivity index (χ3v) is 15.2. The Morgan fingerprint density at radius 1 is 1.03 bits per heavy atom. The van der Waals surface area contributed by atoms with Gasteiger partial charge in [-0.25, -0.2) is 9.78 Å². The van der Waals surface area contributed by atoms with Crippen molar-refractivity contribution in [3.05, 3.63) is 130 Å². The summed E-state index contributed by atoms with van der Waals surface area (Å²) in [5, 5.41) is 19.6. The van der Waals surface area contributed by atoms with Gasteiger partial charge in [-0.15, -0.1) is 0 Å². The minimum absolute atomic E-state index is 0.0706. The number of amides is 3. The molecule has 3 aliphatic heterocycles. The number of rotatable bonds is 12. The highest BCUT2D eigenvalue weighted by Gasteiger charge is 2.45. The molecule has 350 valence electrons. The average Bonchev–Trinajstić information content (AvgIpc) is 4.10. The second kappa shape index (κ2) is 19.4. The van der Waals surface area contributed by atoms with E-state index in [-0.39, 0.29) is 45.9 Å². The summed E-state index contributed by atoms with van der Waals surface area (Å²) in [4.78, 5) is 58.5. The van der Waals surface area contributed by atoms with Gasteiger partial charge in [0.05, 0.1) is 43.2 Å². The van der Waals surface area contributed by atoms with Crippen LogP contribution < -0.4 is 16.0 Å². The number of hydrogen-bond acceptors (Lipinski definition) is 11. The lowest BCUT2D eigenvalue weighted by Gasteiger charge is -2.40. The number of nitrogens with one attached hydrogen (secondary N) is 4. The van der Waals surface area contributed by atoms with Gasteiger partial charge in [0.25, 0.3) is 5.91 Å². The number of alkyl carbamates (subject to hydrolysis) is 1. The molecule has 1 aromatic heterocycles. The SMILES string of the molecule is C=C1N/C([C@@H]2CCCN2C(=O)[C@@H](NC(O)OC)C(C)C)=N\C/C=C\C2=C1C=CC(C)(C1=CCC3(C)C(=C1)C=Cc1nc([C@@H]4C[C@H](SC)CN4C(=O)[C@H](NC(=O)OC)c4ccccc4)[nH]c13)C2. The number of imidazole rings is 1. The van der Waals surface area contributed by atoms with Crippen LogP contribution in [0.25, 0.3) is 6.08 Å². The van der Waals surface area contributed by atoms with Gasteiger partial charge < -0.3 is 40.0 Å². The Morgan fingerprint density at radius 3 is 2.55 bits per heavy atom. The number of aromatic amines is 1. The van der Waals surface area contributed by atoms with Gasteiger partial charge in [-0.1, -0.05) is 100 Å². The molecule has 3 unspecified atom stereocenters. The topological polar surface area (TPSA) is 174 Å². The molecule has 2 saturated heterocycles. The van der Waals surface area contributed by atoms with Gasteiger partial charge in [0.15, 0.2) is 0 Å². The molecule has 15 heteroatoms. The molecule has 66 heavy (non-hydrogen) atoms. The number of likely N-dealkylation sites (tertiary alicyclic amines) is 2. The van der Waals surface area contributed by atoms with Crippen molar-refractivity contribution < 1.29 is 29.0 Å². The summed E-state index contributed by atoms with van der Waals surface area (Å²) in [5.74, 6) is 1.10. The quantitative estimate of drug-likeness (QED) is 0.141. The van der Waals surface area contributed by atoms with Crippen molar-refractivity contribution in [1.29, 1.82) is 0 Å². The highest BCUT2D eigenvalue weighted by molar-refractivity contribution is 7.99. The zero-order valence-electron chi connectivity index (χ0n) is 39.1. The highest BCUT2D eigenvalue weighted by atomic mass is 32.2. The average molecular weight is 917 g/mol. The smallest absolute Gasteiger partial charge is 0.407 e. The summed E-state index contributed by atoms with van der Waals surface area (Å²) < 4.78 is 9.95. The molecule has 8 atom stereocenters.